The summed E-state index contributed by atoms with van der Waals surface area (Å²) in [4.78, 5) is 4.62. The SMILES string of the molecule is COc1cc(S(=O)(=O)N2CCCCC2)ccc1N=Cc1ccc(C#N)cc1. The van der Waals surface area contributed by atoms with Crippen LogP contribution in [0.4, 0.5) is 5.69 Å². The number of hydrogen-bond donors (Lipinski definition) is 0. The fraction of sp³-hybridized carbons (Fsp3) is 0.300. The molecule has 27 heavy (non-hydrogen) atoms. The summed E-state index contributed by atoms with van der Waals surface area (Å²) in [6, 6.07) is 13.8. The van der Waals surface area contributed by atoms with E-state index in [1.54, 1.807) is 42.6 Å². The van der Waals surface area contributed by atoms with E-state index in [4.69, 9.17) is 10.00 Å². The number of piperidine rings is 1. The Hall–Kier alpha value is -2.69. The summed E-state index contributed by atoms with van der Waals surface area (Å²) in [7, 11) is -2.02. The zero-order valence-electron chi connectivity index (χ0n) is 15.1. The van der Waals surface area contributed by atoms with Crippen LogP contribution < -0.4 is 4.74 Å². The van der Waals surface area contributed by atoms with Crippen molar-refractivity contribution in [3.63, 3.8) is 0 Å². The molecule has 3 rings (SSSR count). The summed E-state index contributed by atoms with van der Waals surface area (Å²) in [6.07, 6.45) is 4.50. The van der Waals surface area contributed by atoms with E-state index < -0.39 is 10.0 Å². The Balaban J connectivity index is 1.85. The molecule has 0 aliphatic carbocycles. The quantitative estimate of drug-likeness (QED) is 0.740. The van der Waals surface area contributed by atoms with E-state index in [1.165, 1.54) is 17.5 Å². The predicted octanol–water partition coefficient (Wildman–Crippen LogP) is 3.49. The van der Waals surface area contributed by atoms with Crippen LogP contribution in [0.1, 0.15) is 30.4 Å². The molecule has 0 bridgehead atoms. The third kappa shape index (κ3) is 4.35. The summed E-state index contributed by atoms with van der Waals surface area (Å²) in [6.45, 7) is 1.12. The molecular weight excluding hydrogens is 362 g/mol. The predicted molar refractivity (Wildman–Crippen MR) is 104 cm³/mol. The fourth-order valence-corrected chi connectivity index (χ4v) is 4.50. The van der Waals surface area contributed by atoms with Crippen molar-refractivity contribution in [1.29, 1.82) is 5.26 Å². The van der Waals surface area contributed by atoms with Crippen LogP contribution in [0.3, 0.4) is 0 Å². The van der Waals surface area contributed by atoms with E-state index in [0.29, 0.717) is 30.1 Å². The number of hydrogen-bond acceptors (Lipinski definition) is 5. The van der Waals surface area contributed by atoms with Crippen LogP contribution in [-0.4, -0.2) is 39.1 Å². The second kappa shape index (κ2) is 8.33. The Morgan fingerprint density at radius 1 is 1.11 bits per heavy atom. The van der Waals surface area contributed by atoms with E-state index >= 15 is 0 Å². The van der Waals surface area contributed by atoms with Gasteiger partial charge < -0.3 is 4.74 Å². The minimum atomic E-state index is -3.52. The van der Waals surface area contributed by atoms with E-state index in [9.17, 15) is 8.42 Å². The van der Waals surface area contributed by atoms with Crippen molar-refractivity contribution >= 4 is 21.9 Å². The number of rotatable bonds is 5. The maximum Gasteiger partial charge on any atom is 0.243 e. The molecule has 0 N–H and O–H groups in total. The molecule has 0 aromatic heterocycles. The number of nitrogens with zero attached hydrogens (tertiary/aromatic N) is 3. The van der Waals surface area contributed by atoms with Gasteiger partial charge in [-0.3, -0.25) is 4.99 Å². The molecule has 0 unspecified atom stereocenters. The van der Waals surface area contributed by atoms with Crippen LogP contribution in [0.2, 0.25) is 0 Å². The maximum absolute atomic E-state index is 12.8. The van der Waals surface area contributed by atoms with Gasteiger partial charge in [-0.15, -0.1) is 0 Å². The number of methoxy groups -OCH3 is 1. The van der Waals surface area contributed by atoms with Gasteiger partial charge >= 0.3 is 0 Å². The summed E-state index contributed by atoms with van der Waals surface area (Å²) in [5.74, 6) is 0.401. The third-order valence-corrected chi connectivity index (χ3v) is 6.39. The Labute approximate surface area is 159 Å². The van der Waals surface area contributed by atoms with E-state index in [0.717, 1.165) is 24.8 Å². The van der Waals surface area contributed by atoms with Crippen LogP contribution in [0.15, 0.2) is 52.4 Å². The zero-order valence-corrected chi connectivity index (χ0v) is 15.9. The lowest BCUT2D eigenvalue weighted by molar-refractivity contribution is 0.346. The Bertz CT molecular complexity index is 971. The highest BCUT2D eigenvalue weighted by atomic mass is 32.2. The fourth-order valence-electron chi connectivity index (χ4n) is 2.97. The molecule has 1 fully saturated rings. The first-order chi connectivity index (χ1) is 13.0. The number of aliphatic imine (C=N–C) groups is 1. The monoisotopic (exact) mass is 383 g/mol. The average Bonchev–Trinajstić information content (AvgIpc) is 2.73. The van der Waals surface area contributed by atoms with Crippen molar-refractivity contribution in [2.75, 3.05) is 20.2 Å². The standard InChI is InChI=1S/C20H21N3O3S/c1-26-20-13-18(27(24,25)23-11-3-2-4-12-23)9-10-19(20)22-15-17-7-5-16(14-21)6-8-17/h5-10,13,15H,2-4,11-12H2,1H3. The Morgan fingerprint density at radius 3 is 2.44 bits per heavy atom. The lowest BCUT2D eigenvalue weighted by Gasteiger charge is -2.26. The highest BCUT2D eigenvalue weighted by Gasteiger charge is 2.26. The Morgan fingerprint density at radius 2 is 1.81 bits per heavy atom. The number of benzene rings is 2. The van der Waals surface area contributed by atoms with Crippen molar-refractivity contribution < 1.29 is 13.2 Å². The molecule has 7 heteroatoms. The molecule has 1 aliphatic heterocycles. The van der Waals surface area contributed by atoms with Gasteiger partial charge in [-0.25, -0.2) is 8.42 Å². The van der Waals surface area contributed by atoms with Gasteiger partial charge in [0.05, 0.1) is 23.6 Å². The summed E-state index contributed by atoms with van der Waals surface area (Å²) in [5.41, 5.74) is 1.96. The molecule has 0 radical (unpaired) electrons. The molecule has 140 valence electrons. The molecule has 0 saturated carbocycles. The van der Waals surface area contributed by atoms with Crippen molar-refractivity contribution in [2.24, 2.45) is 4.99 Å². The number of ether oxygens (including phenoxy) is 1. The molecule has 0 atom stereocenters. The molecule has 2 aromatic rings. The summed E-state index contributed by atoms with van der Waals surface area (Å²) >= 11 is 0. The highest BCUT2D eigenvalue weighted by Crippen LogP contribution is 2.32. The Kier molecular flexibility index (Phi) is 5.89. The van der Waals surface area contributed by atoms with Crippen molar-refractivity contribution in [2.45, 2.75) is 24.2 Å². The zero-order chi connectivity index (χ0) is 19.3. The smallest absolute Gasteiger partial charge is 0.243 e. The van der Waals surface area contributed by atoms with Crippen molar-refractivity contribution in [1.82, 2.24) is 4.31 Å². The first-order valence-corrected chi connectivity index (χ1v) is 10.2. The van der Waals surface area contributed by atoms with Crippen LogP contribution >= 0.6 is 0 Å². The minimum absolute atomic E-state index is 0.221. The third-order valence-electron chi connectivity index (χ3n) is 4.50. The molecular formula is C20H21N3O3S. The van der Waals surface area contributed by atoms with Gasteiger partial charge in [-0.1, -0.05) is 18.6 Å². The number of sulfonamides is 1. The first-order valence-electron chi connectivity index (χ1n) is 8.77. The van der Waals surface area contributed by atoms with E-state index in [-0.39, 0.29) is 4.90 Å². The van der Waals surface area contributed by atoms with Gasteiger partial charge in [-0.2, -0.15) is 9.57 Å². The lowest BCUT2D eigenvalue weighted by Crippen LogP contribution is -2.35. The summed E-state index contributed by atoms with van der Waals surface area (Å²) < 4.78 is 32.5. The van der Waals surface area contributed by atoms with Crippen LogP contribution in [0.25, 0.3) is 0 Å². The second-order valence-electron chi connectivity index (χ2n) is 6.29. The lowest BCUT2D eigenvalue weighted by atomic mass is 10.2. The molecule has 2 aromatic carbocycles. The van der Waals surface area contributed by atoms with Gasteiger partial charge in [0.15, 0.2) is 0 Å². The van der Waals surface area contributed by atoms with E-state index in [1.807, 2.05) is 0 Å². The van der Waals surface area contributed by atoms with Crippen LogP contribution in [-0.2, 0) is 10.0 Å². The number of nitriles is 1. The van der Waals surface area contributed by atoms with Gasteiger partial charge in [0.2, 0.25) is 10.0 Å². The maximum atomic E-state index is 12.8. The van der Waals surface area contributed by atoms with Crippen molar-refractivity contribution in [3.8, 4) is 11.8 Å². The van der Waals surface area contributed by atoms with Gasteiger partial charge in [0.25, 0.3) is 0 Å². The van der Waals surface area contributed by atoms with Crippen molar-refractivity contribution in [3.05, 3.63) is 53.6 Å². The molecule has 1 saturated heterocycles. The largest absolute Gasteiger partial charge is 0.494 e. The summed E-state index contributed by atoms with van der Waals surface area (Å²) in [5, 5.41) is 8.84. The molecule has 0 spiro atoms. The minimum Gasteiger partial charge on any atom is -0.494 e. The van der Waals surface area contributed by atoms with Gasteiger partial charge in [-0.05, 0) is 42.7 Å². The van der Waals surface area contributed by atoms with E-state index in [2.05, 4.69) is 11.1 Å². The highest BCUT2D eigenvalue weighted by molar-refractivity contribution is 7.89. The van der Waals surface area contributed by atoms with Gasteiger partial charge in [0.1, 0.15) is 11.4 Å². The van der Waals surface area contributed by atoms with Crippen LogP contribution in [0.5, 0.6) is 5.75 Å². The molecule has 0 amide bonds. The molecule has 1 aliphatic rings. The molecule has 6 nitrogen and oxygen atoms in total. The normalized spacial score (nSPS) is 15.6. The second-order valence-corrected chi connectivity index (χ2v) is 8.23. The average molecular weight is 383 g/mol. The van der Waals surface area contributed by atoms with Crippen LogP contribution in [0, 0.1) is 11.3 Å². The topological polar surface area (TPSA) is 82.8 Å². The van der Waals surface area contributed by atoms with Gasteiger partial charge in [0, 0.05) is 25.4 Å². The molecule has 1 heterocycles. The first kappa shape index (κ1) is 19.1.